The largest absolute Gasteiger partial charge is 0.382 e. The molecule has 0 atom stereocenters. The van der Waals surface area contributed by atoms with Crippen molar-refractivity contribution in [1.82, 2.24) is 4.98 Å². The molecule has 90 valence electrons. The lowest BCUT2D eigenvalue weighted by atomic mass is 10.1. The van der Waals surface area contributed by atoms with Crippen molar-refractivity contribution in [2.24, 2.45) is 0 Å². The van der Waals surface area contributed by atoms with E-state index in [1.54, 1.807) is 0 Å². The third-order valence-electron chi connectivity index (χ3n) is 2.67. The number of hydrogen-bond donors (Lipinski definition) is 2. The molecule has 0 radical (unpaired) electrons. The van der Waals surface area contributed by atoms with Crippen molar-refractivity contribution in [3.63, 3.8) is 0 Å². The van der Waals surface area contributed by atoms with Crippen LogP contribution < -0.4 is 10.6 Å². The second kappa shape index (κ2) is 7.09. The standard InChI is InChI=1S/C13H23N3/c1-4-8-14-13-10-12(7-9-15-13)16-11(5-2)6-3/h7,9-11H,4-6,8H2,1-3H3,(H2,14,15,16). The van der Waals surface area contributed by atoms with Crippen LogP contribution in [0.5, 0.6) is 0 Å². The van der Waals surface area contributed by atoms with Crippen LogP contribution in [0.15, 0.2) is 18.3 Å². The van der Waals surface area contributed by atoms with Gasteiger partial charge in [-0.25, -0.2) is 4.98 Å². The predicted molar refractivity (Wildman–Crippen MR) is 71.0 cm³/mol. The second-order valence-electron chi connectivity index (χ2n) is 4.01. The van der Waals surface area contributed by atoms with Gasteiger partial charge in [0, 0.05) is 30.5 Å². The van der Waals surface area contributed by atoms with Gasteiger partial charge in [0.2, 0.25) is 0 Å². The van der Waals surface area contributed by atoms with E-state index in [-0.39, 0.29) is 0 Å². The average molecular weight is 221 g/mol. The van der Waals surface area contributed by atoms with Gasteiger partial charge in [0.25, 0.3) is 0 Å². The molecule has 3 nitrogen and oxygen atoms in total. The van der Waals surface area contributed by atoms with Gasteiger partial charge in [-0.1, -0.05) is 20.8 Å². The lowest BCUT2D eigenvalue weighted by Crippen LogP contribution is -2.17. The smallest absolute Gasteiger partial charge is 0.127 e. The fraction of sp³-hybridized carbons (Fsp3) is 0.615. The van der Waals surface area contributed by atoms with E-state index < -0.39 is 0 Å². The van der Waals surface area contributed by atoms with Gasteiger partial charge >= 0.3 is 0 Å². The van der Waals surface area contributed by atoms with Crippen LogP contribution in [-0.4, -0.2) is 17.6 Å². The van der Waals surface area contributed by atoms with E-state index in [1.165, 1.54) is 0 Å². The summed E-state index contributed by atoms with van der Waals surface area (Å²) in [5.74, 6) is 0.956. The average Bonchev–Trinajstić information content (AvgIpc) is 2.34. The SMILES string of the molecule is CCCNc1cc(NC(CC)CC)ccn1. The van der Waals surface area contributed by atoms with Gasteiger partial charge in [-0.3, -0.25) is 0 Å². The van der Waals surface area contributed by atoms with E-state index in [0.717, 1.165) is 37.3 Å². The van der Waals surface area contributed by atoms with Crippen molar-refractivity contribution >= 4 is 11.5 Å². The molecule has 1 aromatic rings. The summed E-state index contributed by atoms with van der Waals surface area (Å²) in [5.41, 5.74) is 1.15. The number of rotatable bonds is 7. The first-order valence-corrected chi connectivity index (χ1v) is 6.26. The fourth-order valence-electron chi connectivity index (χ4n) is 1.60. The molecule has 0 saturated carbocycles. The molecule has 16 heavy (non-hydrogen) atoms. The van der Waals surface area contributed by atoms with Crippen LogP contribution in [0.1, 0.15) is 40.0 Å². The summed E-state index contributed by atoms with van der Waals surface area (Å²) >= 11 is 0. The van der Waals surface area contributed by atoms with E-state index in [4.69, 9.17) is 0 Å². The summed E-state index contributed by atoms with van der Waals surface area (Å²) in [5, 5.41) is 6.81. The number of anilines is 2. The maximum atomic E-state index is 4.28. The highest BCUT2D eigenvalue weighted by molar-refractivity contribution is 5.52. The maximum absolute atomic E-state index is 4.28. The minimum absolute atomic E-state index is 0.557. The van der Waals surface area contributed by atoms with Crippen LogP contribution in [-0.2, 0) is 0 Å². The molecule has 0 aliphatic rings. The monoisotopic (exact) mass is 221 g/mol. The summed E-state index contributed by atoms with van der Waals surface area (Å²) in [7, 11) is 0. The Hall–Kier alpha value is -1.25. The number of nitrogens with one attached hydrogen (secondary N) is 2. The molecule has 3 heteroatoms. The third-order valence-corrected chi connectivity index (χ3v) is 2.67. The summed E-state index contributed by atoms with van der Waals surface area (Å²) in [6, 6.07) is 4.66. The third kappa shape index (κ3) is 4.09. The minimum atomic E-state index is 0.557. The Labute approximate surface area is 98.7 Å². The second-order valence-corrected chi connectivity index (χ2v) is 4.01. The topological polar surface area (TPSA) is 37.0 Å². The highest BCUT2D eigenvalue weighted by Crippen LogP contribution is 2.14. The van der Waals surface area contributed by atoms with Crippen LogP contribution in [0.2, 0.25) is 0 Å². The van der Waals surface area contributed by atoms with Gasteiger partial charge in [-0.05, 0) is 25.3 Å². The van der Waals surface area contributed by atoms with Crippen LogP contribution in [0.3, 0.4) is 0 Å². The zero-order valence-electron chi connectivity index (χ0n) is 10.6. The highest BCUT2D eigenvalue weighted by Gasteiger charge is 2.03. The molecule has 1 heterocycles. The first kappa shape index (κ1) is 12.8. The molecule has 0 amide bonds. The molecule has 1 aromatic heterocycles. The zero-order chi connectivity index (χ0) is 11.8. The van der Waals surface area contributed by atoms with Crippen LogP contribution >= 0.6 is 0 Å². The Morgan fingerprint density at radius 1 is 1.25 bits per heavy atom. The van der Waals surface area contributed by atoms with Crippen LogP contribution in [0, 0.1) is 0 Å². The van der Waals surface area contributed by atoms with Gasteiger partial charge in [-0.15, -0.1) is 0 Å². The minimum Gasteiger partial charge on any atom is -0.382 e. The fourth-order valence-corrected chi connectivity index (χ4v) is 1.60. The van der Waals surface area contributed by atoms with Crippen LogP contribution in [0.25, 0.3) is 0 Å². The molecule has 0 aliphatic heterocycles. The number of hydrogen-bond acceptors (Lipinski definition) is 3. The molecule has 2 N–H and O–H groups in total. The first-order chi connectivity index (χ1) is 7.80. The lowest BCUT2D eigenvalue weighted by molar-refractivity contribution is 0.671. The normalized spacial score (nSPS) is 10.5. The Bertz CT molecular complexity index is 295. The molecule has 0 aliphatic carbocycles. The van der Waals surface area contributed by atoms with Crippen molar-refractivity contribution in [3.05, 3.63) is 18.3 Å². The number of nitrogens with zero attached hydrogens (tertiary/aromatic N) is 1. The Balaban J connectivity index is 2.59. The molecule has 0 aromatic carbocycles. The molecule has 0 saturated heterocycles. The van der Waals surface area contributed by atoms with E-state index >= 15 is 0 Å². The Kier molecular flexibility index (Phi) is 5.68. The highest BCUT2D eigenvalue weighted by atomic mass is 15.0. The van der Waals surface area contributed by atoms with Gasteiger partial charge in [0.05, 0.1) is 0 Å². The van der Waals surface area contributed by atoms with Crippen molar-refractivity contribution in [2.75, 3.05) is 17.2 Å². The molecule has 1 rings (SSSR count). The molecule has 0 bridgehead atoms. The molecular formula is C13H23N3. The number of pyridine rings is 1. The van der Waals surface area contributed by atoms with Crippen molar-refractivity contribution in [3.8, 4) is 0 Å². The zero-order valence-corrected chi connectivity index (χ0v) is 10.6. The maximum Gasteiger partial charge on any atom is 0.127 e. The van der Waals surface area contributed by atoms with Gasteiger partial charge in [-0.2, -0.15) is 0 Å². The van der Waals surface area contributed by atoms with Crippen LogP contribution in [0.4, 0.5) is 11.5 Å². The van der Waals surface area contributed by atoms with Crippen molar-refractivity contribution in [1.29, 1.82) is 0 Å². The Morgan fingerprint density at radius 3 is 2.62 bits per heavy atom. The van der Waals surface area contributed by atoms with Crippen molar-refractivity contribution in [2.45, 2.75) is 46.1 Å². The van der Waals surface area contributed by atoms with E-state index in [1.807, 2.05) is 12.3 Å². The van der Waals surface area contributed by atoms with E-state index in [9.17, 15) is 0 Å². The molecule has 0 fully saturated rings. The van der Waals surface area contributed by atoms with Gasteiger partial charge in [0.15, 0.2) is 0 Å². The van der Waals surface area contributed by atoms with E-state index in [2.05, 4.69) is 42.5 Å². The summed E-state index contributed by atoms with van der Waals surface area (Å²) in [4.78, 5) is 4.28. The lowest BCUT2D eigenvalue weighted by Gasteiger charge is -2.16. The van der Waals surface area contributed by atoms with Crippen molar-refractivity contribution < 1.29 is 0 Å². The molecular weight excluding hydrogens is 198 g/mol. The quantitative estimate of drug-likeness (QED) is 0.740. The number of aromatic nitrogens is 1. The van der Waals surface area contributed by atoms with Gasteiger partial charge in [0.1, 0.15) is 5.82 Å². The summed E-state index contributed by atoms with van der Waals surface area (Å²) in [6.45, 7) is 7.54. The van der Waals surface area contributed by atoms with Gasteiger partial charge < -0.3 is 10.6 Å². The predicted octanol–water partition coefficient (Wildman–Crippen LogP) is 3.50. The summed E-state index contributed by atoms with van der Waals surface area (Å²) < 4.78 is 0. The summed E-state index contributed by atoms with van der Waals surface area (Å²) in [6.07, 6.45) is 5.27. The molecule has 0 unspecified atom stereocenters. The van der Waals surface area contributed by atoms with E-state index in [0.29, 0.717) is 6.04 Å². The molecule has 0 spiro atoms. The first-order valence-electron chi connectivity index (χ1n) is 6.26. The Morgan fingerprint density at radius 2 is 2.00 bits per heavy atom.